The van der Waals surface area contributed by atoms with E-state index in [4.69, 9.17) is 5.21 Å². The van der Waals surface area contributed by atoms with Gasteiger partial charge in [0.25, 0.3) is 4.38 Å². The van der Waals surface area contributed by atoms with Crippen LogP contribution in [0.15, 0.2) is 5.16 Å². The second-order valence-corrected chi connectivity index (χ2v) is 5.85. The van der Waals surface area contributed by atoms with Gasteiger partial charge in [-0.2, -0.15) is 0 Å². The minimum Gasteiger partial charge on any atom is -0.411 e. The first-order valence-corrected chi connectivity index (χ1v) is 5.42. The third kappa shape index (κ3) is 2.17. The van der Waals surface area contributed by atoms with Crippen LogP contribution in [0.25, 0.3) is 0 Å². The fourth-order valence-corrected chi connectivity index (χ4v) is 3.69. The predicted octanol–water partition coefficient (Wildman–Crippen LogP) is 1.31. The highest BCUT2D eigenvalue weighted by molar-refractivity contribution is 8.42. The molecule has 1 N–H and O–H groups in total. The van der Waals surface area contributed by atoms with Gasteiger partial charge in [0, 0.05) is 5.75 Å². The first kappa shape index (κ1) is 9.92. The summed E-state index contributed by atoms with van der Waals surface area (Å²) in [7, 11) is 4.05. The van der Waals surface area contributed by atoms with Crippen LogP contribution in [0.2, 0.25) is 0 Å². The number of nitrogens with zero attached hydrogens (tertiary/aromatic N) is 2. The summed E-state index contributed by atoms with van der Waals surface area (Å²) >= 11 is 3.54. The van der Waals surface area contributed by atoms with E-state index in [1.807, 2.05) is 14.1 Å². The highest BCUT2D eigenvalue weighted by atomic mass is 32.2. The largest absolute Gasteiger partial charge is 0.411 e. The van der Waals surface area contributed by atoms with Gasteiger partial charge in [0.05, 0.1) is 11.0 Å². The topological polar surface area (TPSA) is 35.6 Å². The van der Waals surface area contributed by atoms with Gasteiger partial charge in [-0.3, -0.25) is 0 Å². The standard InChI is InChI=1S/C7H12N2OS2/c1-7(4-8-10)5-11-6(12-7)9(2)3/h4H,5H2,1-3H3/p+1/b8-4-/t7-/m1/s1. The Morgan fingerprint density at radius 2 is 2.33 bits per heavy atom. The van der Waals surface area contributed by atoms with Crippen LogP contribution in [0, 0.1) is 0 Å². The van der Waals surface area contributed by atoms with Gasteiger partial charge in [-0.15, -0.1) is 5.16 Å². The lowest BCUT2D eigenvalue weighted by atomic mass is 10.2. The summed E-state index contributed by atoms with van der Waals surface area (Å²) in [5.74, 6) is 0.968. The van der Waals surface area contributed by atoms with Crippen molar-refractivity contribution in [2.24, 2.45) is 5.16 Å². The molecule has 0 saturated carbocycles. The van der Waals surface area contributed by atoms with Crippen molar-refractivity contribution in [3.05, 3.63) is 0 Å². The van der Waals surface area contributed by atoms with Crippen molar-refractivity contribution in [1.29, 1.82) is 0 Å². The van der Waals surface area contributed by atoms with E-state index in [-0.39, 0.29) is 4.75 Å². The Hall–Kier alpha value is -0.160. The molecule has 1 saturated heterocycles. The number of hydrogen-bond donors (Lipinski definition) is 1. The molecule has 0 spiro atoms. The van der Waals surface area contributed by atoms with Gasteiger partial charge in [-0.1, -0.05) is 0 Å². The van der Waals surface area contributed by atoms with E-state index in [1.165, 1.54) is 4.38 Å². The van der Waals surface area contributed by atoms with Crippen LogP contribution in [0.5, 0.6) is 0 Å². The average Bonchev–Trinajstić information content (AvgIpc) is 2.33. The molecule has 68 valence electrons. The first-order chi connectivity index (χ1) is 5.57. The maximum Gasteiger partial charge on any atom is 0.270 e. The zero-order chi connectivity index (χ0) is 9.19. The van der Waals surface area contributed by atoms with Crippen LogP contribution < -0.4 is 0 Å². The monoisotopic (exact) mass is 205 g/mol. The molecule has 3 nitrogen and oxygen atoms in total. The Balaban J connectivity index is 2.73. The van der Waals surface area contributed by atoms with Crippen LogP contribution in [0.1, 0.15) is 6.92 Å². The maximum atomic E-state index is 8.44. The fraction of sp³-hybridized carbons (Fsp3) is 0.714. The summed E-state index contributed by atoms with van der Waals surface area (Å²) in [5, 5.41) is 11.5. The maximum absolute atomic E-state index is 8.44. The highest BCUT2D eigenvalue weighted by Crippen LogP contribution is 2.40. The first-order valence-electron chi connectivity index (χ1n) is 3.62. The Morgan fingerprint density at radius 3 is 2.75 bits per heavy atom. The number of hydrogen-bond acceptors (Lipinski definition) is 4. The molecule has 1 atom stereocenters. The van der Waals surface area contributed by atoms with E-state index in [9.17, 15) is 0 Å². The lowest BCUT2D eigenvalue weighted by Crippen LogP contribution is -2.21. The van der Waals surface area contributed by atoms with Crippen LogP contribution in [-0.2, 0) is 0 Å². The van der Waals surface area contributed by atoms with Crippen molar-refractivity contribution in [3.8, 4) is 0 Å². The molecule has 0 aromatic rings. The summed E-state index contributed by atoms with van der Waals surface area (Å²) in [6.07, 6.45) is 1.60. The van der Waals surface area contributed by atoms with Crippen molar-refractivity contribution < 1.29 is 9.78 Å². The number of oxime groups is 1. The van der Waals surface area contributed by atoms with Crippen LogP contribution in [-0.4, -0.2) is 45.0 Å². The molecule has 0 amide bonds. The molecule has 0 unspecified atom stereocenters. The fourth-order valence-electron chi connectivity index (χ4n) is 0.870. The third-order valence-electron chi connectivity index (χ3n) is 1.50. The SMILES string of the molecule is C[N+](C)=C1SC[C@@](C)(/C=N\O)S1. The van der Waals surface area contributed by atoms with E-state index in [0.29, 0.717) is 0 Å². The summed E-state index contributed by atoms with van der Waals surface area (Å²) in [4.78, 5) is 0. The Morgan fingerprint density at radius 1 is 1.67 bits per heavy atom. The molecule has 1 fully saturated rings. The Labute approximate surface area is 80.9 Å². The van der Waals surface area contributed by atoms with Gasteiger partial charge in [-0.25, -0.2) is 4.58 Å². The molecular weight excluding hydrogens is 192 g/mol. The zero-order valence-corrected chi connectivity index (χ0v) is 9.08. The molecule has 0 radical (unpaired) electrons. The number of thioether (sulfide) groups is 2. The summed E-state index contributed by atoms with van der Waals surface area (Å²) in [6.45, 7) is 2.07. The van der Waals surface area contributed by atoms with E-state index in [2.05, 4.69) is 16.7 Å². The van der Waals surface area contributed by atoms with Gasteiger partial charge in [0.2, 0.25) is 0 Å². The van der Waals surface area contributed by atoms with Crippen molar-refractivity contribution >= 4 is 34.1 Å². The van der Waals surface area contributed by atoms with Crippen LogP contribution in [0.3, 0.4) is 0 Å². The molecule has 0 aromatic heterocycles. The molecule has 1 aliphatic rings. The molecule has 0 aromatic carbocycles. The minimum atomic E-state index is -0.0426. The Bertz CT molecular complexity index is 236. The summed E-state index contributed by atoms with van der Waals surface area (Å²) in [6, 6.07) is 0. The summed E-state index contributed by atoms with van der Waals surface area (Å²) in [5.41, 5.74) is 0. The van der Waals surface area contributed by atoms with Gasteiger partial charge >= 0.3 is 0 Å². The predicted molar refractivity (Wildman–Crippen MR) is 55.8 cm³/mol. The second-order valence-electron chi connectivity index (χ2n) is 3.11. The molecular formula is C7H13N2OS2+. The third-order valence-corrected chi connectivity index (χ3v) is 4.90. The van der Waals surface area contributed by atoms with Gasteiger partial charge in [0.1, 0.15) is 14.1 Å². The van der Waals surface area contributed by atoms with Crippen molar-refractivity contribution in [2.75, 3.05) is 19.8 Å². The van der Waals surface area contributed by atoms with Crippen LogP contribution >= 0.6 is 23.5 Å². The second kappa shape index (κ2) is 3.70. The van der Waals surface area contributed by atoms with Gasteiger partial charge in [0.15, 0.2) is 0 Å². The normalized spacial score (nSPS) is 30.1. The number of rotatable bonds is 1. The highest BCUT2D eigenvalue weighted by Gasteiger charge is 2.37. The van der Waals surface area contributed by atoms with Crippen molar-refractivity contribution in [3.63, 3.8) is 0 Å². The van der Waals surface area contributed by atoms with Gasteiger partial charge in [-0.05, 0) is 30.4 Å². The van der Waals surface area contributed by atoms with E-state index in [1.54, 1.807) is 29.7 Å². The quantitative estimate of drug-likeness (QED) is 0.303. The molecule has 5 heteroatoms. The lowest BCUT2D eigenvalue weighted by Gasteiger charge is -2.10. The van der Waals surface area contributed by atoms with Crippen LogP contribution in [0.4, 0.5) is 0 Å². The molecule has 0 bridgehead atoms. The Kier molecular flexibility index (Phi) is 3.06. The minimum absolute atomic E-state index is 0.0426. The average molecular weight is 205 g/mol. The molecule has 12 heavy (non-hydrogen) atoms. The lowest BCUT2D eigenvalue weighted by molar-refractivity contribution is -0.458. The van der Waals surface area contributed by atoms with E-state index >= 15 is 0 Å². The molecule has 1 rings (SSSR count). The molecule has 1 heterocycles. The van der Waals surface area contributed by atoms with E-state index < -0.39 is 0 Å². The molecule has 1 aliphatic heterocycles. The molecule has 0 aliphatic carbocycles. The van der Waals surface area contributed by atoms with Crippen molar-refractivity contribution in [1.82, 2.24) is 0 Å². The van der Waals surface area contributed by atoms with E-state index in [0.717, 1.165) is 5.75 Å². The zero-order valence-electron chi connectivity index (χ0n) is 7.44. The van der Waals surface area contributed by atoms with Crippen molar-refractivity contribution in [2.45, 2.75) is 11.7 Å². The summed E-state index contributed by atoms with van der Waals surface area (Å²) < 4.78 is 3.32. The van der Waals surface area contributed by atoms with Gasteiger partial charge < -0.3 is 5.21 Å². The smallest absolute Gasteiger partial charge is 0.270 e.